The summed E-state index contributed by atoms with van der Waals surface area (Å²) < 4.78 is 17.9. The molecular formula is C23H30N2O3. The van der Waals surface area contributed by atoms with Gasteiger partial charge in [0.25, 0.3) is 0 Å². The lowest BCUT2D eigenvalue weighted by Gasteiger charge is -2.43. The zero-order valence-electron chi connectivity index (χ0n) is 17.1. The Bertz CT molecular complexity index is 798. The standard InChI is InChI=1S/C23H30N2O3/c1-17-7-8-18(20(14-17)26-2)16-25-13-11-23(27-3)10-9-19(15-21(23)25)28-22-6-4-5-12-24-22/h4-8,12,14,19,21H,9-11,13,15-16H2,1-3H3. The first-order valence-corrected chi connectivity index (χ1v) is 10.1. The number of rotatable bonds is 6. The highest BCUT2D eigenvalue weighted by atomic mass is 16.5. The van der Waals surface area contributed by atoms with E-state index in [0.717, 1.165) is 44.5 Å². The van der Waals surface area contributed by atoms with E-state index >= 15 is 0 Å². The Labute approximate surface area is 167 Å². The third kappa shape index (κ3) is 3.74. The number of nitrogens with zero attached hydrogens (tertiary/aromatic N) is 2. The number of methoxy groups -OCH3 is 2. The van der Waals surface area contributed by atoms with Crippen LogP contribution in [0.1, 0.15) is 36.8 Å². The smallest absolute Gasteiger partial charge is 0.213 e. The van der Waals surface area contributed by atoms with Gasteiger partial charge in [0, 0.05) is 50.5 Å². The van der Waals surface area contributed by atoms with Crippen LogP contribution in [0.25, 0.3) is 0 Å². The zero-order valence-corrected chi connectivity index (χ0v) is 17.1. The van der Waals surface area contributed by atoms with Crippen LogP contribution in [-0.2, 0) is 11.3 Å². The molecule has 1 aliphatic carbocycles. The summed E-state index contributed by atoms with van der Waals surface area (Å²) in [6.45, 7) is 4.00. The minimum Gasteiger partial charge on any atom is -0.496 e. The largest absolute Gasteiger partial charge is 0.496 e. The van der Waals surface area contributed by atoms with Crippen molar-refractivity contribution in [3.63, 3.8) is 0 Å². The average Bonchev–Trinajstić information content (AvgIpc) is 3.08. The number of aromatic nitrogens is 1. The monoisotopic (exact) mass is 382 g/mol. The average molecular weight is 383 g/mol. The molecule has 5 nitrogen and oxygen atoms in total. The van der Waals surface area contributed by atoms with Crippen LogP contribution in [0.3, 0.4) is 0 Å². The summed E-state index contributed by atoms with van der Waals surface area (Å²) in [6.07, 6.45) is 6.00. The van der Waals surface area contributed by atoms with Crippen molar-refractivity contribution in [2.45, 2.75) is 56.9 Å². The second-order valence-electron chi connectivity index (χ2n) is 8.00. The van der Waals surface area contributed by atoms with Crippen molar-refractivity contribution in [2.75, 3.05) is 20.8 Å². The number of ether oxygens (including phenoxy) is 3. The molecule has 150 valence electrons. The summed E-state index contributed by atoms with van der Waals surface area (Å²) in [7, 11) is 3.61. The molecule has 0 radical (unpaired) electrons. The number of likely N-dealkylation sites (tertiary alicyclic amines) is 1. The quantitative estimate of drug-likeness (QED) is 0.756. The zero-order chi connectivity index (χ0) is 19.6. The first-order valence-electron chi connectivity index (χ1n) is 10.1. The van der Waals surface area contributed by atoms with Crippen LogP contribution in [0.2, 0.25) is 0 Å². The van der Waals surface area contributed by atoms with Gasteiger partial charge in [-0.25, -0.2) is 4.98 Å². The van der Waals surface area contributed by atoms with Gasteiger partial charge in [-0.05, 0) is 43.9 Å². The Hall–Kier alpha value is -2.11. The van der Waals surface area contributed by atoms with Crippen molar-refractivity contribution < 1.29 is 14.2 Å². The molecule has 0 amide bonds. The van der Waals surface area contributed by atoms with Crippen LogP contribution < -0.4 is 9.47 Å². The third-order valence-electron chi connectivity index (χ3n) is 6.39. The third-order valence-corrected chi connectivity index (χ3v) is 6.39. The molecule has 4 rings (SSSR count). The molecule has 1 saturated heterocycles. The van der Waals surface area contributed by atoms with Gasteiger partial charge in [-0.1, -0.05) is 18.2 Å². The van der Waals surface area contributed by atoms with Gasteiger partial charge in [0.1, 0.15) is 11.9 Å². The fraction of sp³-hybridized carbons (Fsp3) is 0.522. The highest BCUT2D eigenvalue weighted by molar-refractivity contribution is 5.37. The highest BCUT2D eigenvalue weighted by Gasteiger charge is 2.51. The summed E-state index contributed by atoms with van der Waals surface area (Å²) in [4.78, 5) is 6.88. The van der Waals surface area contributed by atoms with Gasteiger partial charge in [0.2, 0.25) is 5.88 Å². The SMILES string of the molecule is COc1cc(C)ccc1CN1CCC2(OC)CCC(Oc3ccccn3)CC12. The van der Waals surface area contributed by atoms with Crippen molar-refractivity contribution in [1.82, 2.24) is 9.88 Å². The van der Waals surface area contributed by atoms with E-state index < -0.39 is 0 Å². The number of benzene rings is 1. The first kappa shape index (κ1) is 19.2. The van der Waals surface area contributed by atoms with Gasteiger partial charge in [-0.15, -0.1) is 0 Å². The van der Waals surface area contributed by atoms with Crippen molar-refractivity contribution in [1.29, 1.82) is 0 Å². The summed E-state index contributed by atoms with van der Waals surface area (Å²) in [5.41, 5.74) is 2.38. The molecule has 2 fully saturated rings. The summed E-state index contributed by atoms with van der Waals surface area (Å²) >= 11 is 0. The van der Waals surface area contributed by atoms with Crippen molar-refractivity contribution in [3.8, 4) is 11.6 Å². The van der Waals surface area contributed by atoms with Gasteiger partial charge in [0.05, 0.1) is 12.7 Å². The van der Waals surface area contributed by atoms with Crippen LogP contribution >= 0.6 is 0 Å². The van der Waals surface area contributed by atoms with Crippen molar-refractivity contribution in [3.05, 3.63) is 53.7 Å². The second-order valence-corrected chi connectivity index (χ2v) is 8.00. The van der Waals surface area contributed by atoms with E-state index in [2.05, 4.69) is 35.0 Å². The predicted octanol–water partition coefficient (Wildman–Crippen LogP) is 3.99. The number of hydrogen-bond acceptors (Lipinski definition) is 5. The van der Waals surface area contributed by atoms with Crippen LogP contribution in [-0.4, -0.2) is 48.4 Å². The predicted molar refractivity (Wildman–Crippen MR) is 109 cm³/mol. The van der Waals surface area contributed by atoms with E-state index in [-0.39, 0.29) is 11.7 Å². The topological polar surface area (TPSA) is 43.8 Å². The van der Waals surface area contributed by atoms with Crippen molar-refractivity contribution in [2.24, 2.45) is 0 Å². The van der Waals surface area contributed by atoms with Gasteiger partial charge in [0.15, 0.2) is 0 Å². The molecule has 2 aromatic rings. The molecule has 28 heavy (non-hydrogen) atoms. The van der Waals surface area contributed by atoms with E-state index in [1.807, 2.05) is 25.3 Å². The Kier molecular flexibility index (Phi) is 5.56. The molecule has 3 unspecified atom stereocenters. The van der Waals surface area contributed by atoms with Gasteiger partial charge in [-0.2, -0.15) is 0 Å². The second kappa shape index (κ2) is 8.10. The van der Waals surface area contributed by atoms with Gasteiger partial charge >= 0.3 is 0 Å². The van der Waals surface area contributed by atoms with E-state index in [9.17, 15) is 0 Å². The first-order chi connectivity index (χ1) is 13.6. The maximum Gasteiger partial charge on any atom is 0.213 e. The molecule has 0 N–H and O–H groups in total. The Morgan fingerprint density at radius 3 is 2.82 bits per heavy atom. The molecule has 1 aromatic carbocycles. The van der Waals surface area contributed by atoms with E-state index in [4.69, 9.17) is 14.2 Å². The van der Waals surface area contributed by atoms with Crippen LogP contribution in [0.5, 0.6) is 11.6 Å². The fourth-order valence-electron chi connectivity index (χ4n) is 4.84. The van der Waals surface area contributed by atoms with Crippen LogP contribution in [0.15, 0.2) is 42.6 Å². The normalized spacial score (nSPS) is 27.4. The van der Waals surface area contributed by atoms with Crippen LogP contribution in [0, 0.1) is 6.92 Å². The molecule has 5 heteroatoms. The number of pyridine rings is 1. The van der Waals surface area contributed by atoms with Gasteiger partial charge < -0.3 is 14.2 Å². The number of hydrogen-bond donors (Lipinski definition) is 0. The molecule has 0 spiro atoms. The van der Waals surface area contributed by atoms with E-state index in [0.29, 0.717) is 11.9 Å². The molecule has 1 aliphatic heterocycles. The summed E-state index contributed by atoms with van der Waals surface area (Å²) in [5.74, 6) is 1.68. The van der Waals surface area contributed by atoms with Crippen molar-refractivity contribution >= 4 is 0 Å². The number of fused-ring (bicyclic) bond motifs is 1. The highest BCUT2D eigenvalue weighted by Crippen LogP contribution is 2.44. The summed E-state index contributed by atoms with van der Waals surface area (Å²) in [5, 5.41) is 0. The Morgan fingerprint density at radius 1 is 1.18 bits per heavy atom. The Balaban J connectivity index is 1.51. The van der Waals surface area contributed by atoms with E-state index in [1.165, 1.54) is 11.1 Å². The summed E-state index contributed by atoms with van der Waals surface area (Å²) in [6, 6.07) is 12.6. The van der Waals surface area contributed by atoms with E-state index in [1.54, 1.807) is 13.3 Å². The minimum atomic E-state index is -0.0676. The maximum atomic E-state index is 6.19. The lowest BCUT2D eigenvalue weighted by molar-refractivity contribution is -0.0843. The Morgan fingerprint density at radius 2 is 2.07 bits per heavy atom. The molecule has 1 saturated carbocycles. The fourth-order valence-corrected chi connectivity index (χ4v) is 4.84. The maximum absolute atomic E-state index is 6.19. The van der Waals surface area contributed by atoms with Crippen LogP contribution in [0.4, 0.5) is 0 Å². The number of aryl methyl sites for hydroxylation is 1. The molecule has 0 bridgehead atoms. The molecule has 1 aromatic heterocycles. The lowest BCUT2D eigenvalue weighted by Crippen LogP contribution is -2.52. The minimum absolute atomic E-state index is 0.0676. The molecular weight excluding hydrogens is 352 g/mol. The molecule has 2 heterocycles. The molecule has 2 aliphatic rings. The van der Waals surface area contributed by atoms with Gasteiger partial charge in [-0.3, -0.25) is 4.90 Å². The lowest BCUT2D eigenvalue weighted by atomic mass is 9.79. The molecule has 3 atom stereocenters.